The first-order valence-corrected chi connectivity index (χ1v) is 10.2. The number of guanidine groups is 1. The van der Waals surface area contributed by atoms with E-state index < -0.39 is 0 Å². The van der Waals surface area contributed by atoms with Crippen molar-refractivity contribution in [2.24, 2.45) is 4.99 Å². The second-order valence-corrected chi connectivity index (χ2v) is 6.68. The van der Waals surface area contributed by atoms with E-state index >= 15 is 0 Å². The van der Waals surface area contributed by atoms with Gasteiger partial charge in [0.05, 0.1) is 25.9 Å². The topological polar surface area (TPSA) is 64.1 Å². The lowest BCUT2D eigenvalue weighted by Crippen LogP contribution is -2.38. The van der Waals surface area contributed by atoms with Crippen molar-refractivity contribution in [3.8, 4) is 5.75 Å². The van der Waals surface area contributed by atoms with Gasteiger partial charge in [0.1, 0.15) is 5.75 Å². The summed E-state index contributed by atoms with van der Waals surface area (Å²) < 4.78 is 16.9. The molecule has 1 fully saturated rings. The third-order valence-corrected chi connectivity index (χ3v) is 4.28. The molecule has 1 heterocycles. The summed E-state index contributed by atoms with van der Waals surface area (Å²) in [6.45, 7) is 9.60. The Bertz CT molecular complexity index is 545. The largest absolute Gasteiger partial charge is 0.494 e. The fourth-order valence-corrected chi connectivity index (χ4v) is 2.75. The molecular formula is C21H35N3O3. The number of ether oxygens (including phenoxy) is 3. The summed E-state index contributed by atoms with van der Waals surface area (Å²) in [5.74, 6) is 1.75. The van der Waals surface area contributed by atoms with Crippen molar-refractivity contribution < 1.29 is 14.2 Å². The Kier molecular flexibility index (Phi) is 10.7. The number of rotatable bonds is 12. The molecule has 1 aliphatic rings. The Morgan fingerprint density at radius 2 is 2.15 bits per heavy atom. The van der Waals surface area contributed by atoms with Crippen LogP contribution in [0.15, 0.2) is 29.3 Å². The van der Waals surface area contributed by atoms with Crippen LogP contribution in [0, 0.1) is 0 Å². The van der Waals surface area contributed by atoms with E-state index in [1.165, 1.54) is 0 Å². The molecule has 0 saturated carbocycles. The molecule has 6 nitrogen and oxygen atoms in total. The summed E-state index contributed by atoms with van der Waals surface area (Å²) in [6.07, 6.45) is 4.45. The number of aliphatic imine (C=N–C) groups is 1. The molecule has 2 N–H and O–H groups in total. The van der Waals surface area contributed by atoms with E-state index in [9.17, 15) is 0 Å². The molecule has 0 amide bonds. The predicted molar refractivity (Wildman–Crippen MR) is 109 cm³/mol. The fourth-order valence-electron chi connectivity index (χ4n) is 2.75. The number of nitrogens with zero attached hydrogens (tertiary/aromatic N) is 1. The minimum absolute atomic E-state index is 0.277. The highest BCUT2D eigenvalue weighted by Gasteiger charge is 2.15. The molecule has 1 atom stereocenters. The SMILES string of the molecule is CCCCOc1cccc(CN=C(NCC)NCCCOC2CCOC2)c1. The summed E-state index contributed by atoms with van der Waals surface area (Å²) in [5, 5.41) is 6.66. The highest BCUT2D eigenvalue weighted by molar-refractivity contribution is 5.79. The maximum atomic E-state index is 5.79. The second-order valence-electron chi connectivity index (χ2n) is 6.68. The number of hydrogen-bond acceptors (Lipinski definition) is 4. The maximum Gasteiger partial charge on any atom is 0.191 e. The Morgan fingerprint density at radius 1 is 1.22 bits per heavy atom. The standard InChI is InChI=1S/C21H35N3O3/c1-3-5-12-26-19-9-6-8-18(15-19)16-24-21(22-4-2)23-11-7-13-27-20-10-14-25-17-20/h6,8-9,15,20H,3-5,7,10-14,16-17H2,1-2H3,(H2,22,23,24). The Labute approximate surface area is 163 Å². The first-order chi connectivity index (χ1) is 13.3. The zero-order valence-electron chi connectivity index (χ0n) is 16.8. The Morgan fingerprint density at radius 3 is 2.93 bits per heavy atom. The molecule has 0 radical (unpaired) electrons. The van der Waals surface area contributed by atoms with Crippen LogP contribution in [-0.2, 0) is 16.0 Å². The van der Waals surface area contributed by atoms with Gasteiger partial charge in [0.25, 0.3) is 0 Å². The normalized spacial score (nSPS) is 17.1. The minimum atomic E-state index is 0.277. The molecule has 0 bridgehead atoms. The molecule has 0 spiro atoms. The van der Waals surface area contributed by atoms with E-state index in [1.54, 1.807) is 0 Å². The molecule has 0 aromatic heterocycles. The molecule has 1 unspecified atom stereocenters. The number of benzene rings is 1. The van der Waals surface area contributed by atoms with Crippen LogP contribution in [0.1, 0.15) is 45.1 Å². The summed E-state index contributed by atoms with van der Waals surface area (Å²) in [6, 6.07) is 8.18. The number of unbranched alkanes of at least 4 members (excludes halogenated alkanes) is 1. The molecular weight excluding hydrogens is 342 g/mol. The minimum Gasteiger partial charge on any atom is -0.494 e. The van der Waals surface area contributed by atoms with Gasteiger partial charge in [-0.05, 0) is 43.9 Å². The van der Waals surface area contributed by atoms with Gasteiger partial charge in [0.2, 0.25) is 0 Å². The van der Waals surface area contributed by atoms with Crippen LogP contribution in [0.25, 0.3) is 0 Å². The van der Waals surface area contributed by atoms with Gasteiger partial charge >= 0.3 is 0 Å². The first kappa shape index (κ1) is 21.5. The van der Waals surface area contributed by atoms with Crippen molar-refractivity contribution >= 4 is 5.96 Å². The smallest absolute Gasteiger partial charge is 0.191 e. The van der Waals surface area contributed by atoms with E-state index in [4.69, 9.17) is 14.2 Å². The summed E-state index contributed by atoms with van der Waals surface area (Å²) in [5.41, 5.74) is 1.14. The summed E-state index contributed by atoms with van der Waals surface area (Å²) in [7, 11) is 0. The van der Waals surface area contributed by atoms with Crippen molar-refractivity contribution in [1.29, 1.82) is 0 Å². The van der Waals surface area contributed by atoms with E-state index in [-0.39, 0.29) is 6.10 Å². The van der Waals surface area contributed by atoms with E-state index in [2.05, 4.69) is 41.6 Å². The van der Waals surface area contributed by atoms with Crippen molar-refractivity contribution in [1.82, 2.24) is 10.6 Å². The molecule has 2 rings (SSSR count). The van der Waals surface area contributed by atoms with Crippen LogP contribution in [0.3, 0.4) is 0 Å². The quantitative estimate of drug-likeness (QED) is 0.333. The molecule has 27 heavy (non-hydrogen) atoms. The van der Waals surface area contributed by atoms with Crippen LogP contribution in [0.2, 0.25) is 0 Å². The van der Waals surface area contributed by atoms with Gasteiger partial charge in [-0.25, -0.2) is 4.99 Å². The van der Waals surface area contributed by atoms with Gasteiger partial charge in [0.15, 0.2) is 5.96 Å². The second kappa shape index (κ2) is 13.4. The Balaban J connectivity index is 1.72. The summed E-state index contributed by atoms with van der Waals surface area (Å²) in [4.78, 5) is 4.67. The maximum absolute atomic E-state index is 5.79. The third-order valence-electron chi connectivity index (χ3n) is 4.28. The van der Waals surface area contributed by atoms with Crippen LogP contribution < -0.4 is 15.4 Å². The highest BCUT2D eigenvalue weighted by Crippen LogP contribution is 2.14. The van der Waals surface area contributed by atoms with Crippen molar-refractivity contribution in [2.75, 3.05) is 39.5 Å². The van der Waals surface area contributed by atoms with Crippen molar-refractivity contribution in [3.05, 3.63) is 29.8 Å². The third kappa shape index (κ3) is 9.11. The van der Waals surface area contributed by atoms with Gasteiger partial charge in [0, 0.05) is 26.3 Å². The zero-order chi connectivity index (χ0) is 19.2. The molecule has 1 aromatic carbocycles. The van der Waals surface area contributed by atoms with Crippen LogP contribution >= 0.6 is 0 Å². The van der Waals surface area contributed by atoms with E-state index in [1.807, 2.05) is 12.1 Å². The number of hydrogen-bond donors (Lipinski definition) is 2. The fraction of sp³-hybridized carbons (Fsp3) is 0.667. The molecule has 6 heteroatoms. The first-order valence-electron chi connectivity index (χ1n) is 10.2. The zero-order valence-corrected chi connectivity index (χ0v) is 16.8. The van der Waals surface area contributed by atoms with Crippen LogP contribution in [-0.4, -0.2) is 51.6 Å². The molecule has 1 saturated heterocycles. The number of nitrogens with one attached hydrogen (secondary N) is 2. The molecule has 1 aromatic rings. The van der Waals surface area contributed by atoms with Gasteiger partial charge in [-0.3, -0.25) is 0 Å². The van der Waals surface area contributed by atoms with Crippen LogP contribution in [0.5, 0.6) is 5.75 Å². The lowest BCUT2D eigenvalue weighted by molar-refractivity contribution is 0.0420. The average Bonchev–Trinajstić information content (AvgIpc) is 3.20. The van der Waals surface area contributed by atoms with Crippen LogP contribution in [0.4, 0.5) is 0 Å². The lowest BCUT2D eigenvalue weighted by Gasteiger charge is -2.13. The van der Waals surface area contributed by atoms with E-state index in [0.717, 1.165) is 82.5 Å². The van der Waals surface area contributed by atoms with E-state index in [0.29, 0.717) is 6.54 Å². The lowest BCUT2D eigenvalue weighted by atomic mass is 10.2. The van der Waals surface area contributed by atoms with Gasteiger partial charge in [-0.15, -0.1) is 0 Å². The predicted octanol–water partition coefficient (Wildman–Crippen LogP) is 3.12. The average molecular weight is 378 g/mol. The van der Waals surface area contributed by atoms with Crippen molar-refractivity contribution in [3.63, 3.8) is 0 Å². The molecule has 0 aliphatic carbocycles. The van der Waals surface area contributed by atoms with Gasteiger partial charge in [-0.2, -0.15) is 0 Å². The van der Waals surface area contributed by atoms with Gasteiger partial charge < -0.3 is 24.8 Å². The molecule has 1 aliphatic heterocycles. The monoisotopic (exact) mass is 377 g/mol. The molecule has 152 valence electrons. The Hall–Kier alpha value is -1.79. The summed E-state index contributed by atoms with van der Waals surface area (Å²) >= 11 is 0. The highest BCUT2D eigenvalue weighted by atomic mass is 16.5. The van der Waals surface area contributed by atoms with Gasteiger partial charge in [-0.1, -0.05) is 25.5 Å². The van der Waals surface area contributed by atoms with Crippen molar-refractivity contribution in [2.45, 2.75) is 52.2 Å².